The van der Waals surface area contributed by atoms with Gasteiger partial charge < -0.3 is 55.6 Å². The third-order valence-electron chi connectivity index (χ3n) is 15.6. The van der Waals surface area contributed by atoms with E-state index in [0.29, 0.717) is 138 Å². The van der Waals surface area contributed by atoms with Crippen molar-refractivity contribution in [3.05, 3.63) is 167 Å². The highest BCUT2D eigenvalue weighted by Gasteiger charge is 2.47. The lowest BCUT2D eigenvalue weighted by Gasteiger charge is -2.51. The van der Waals surface area contributed by atoms with Gasteiger partial charge in [-0.05, 0) is 124 Å². The van der Waals surface area contributed by atoms with E-state index in [9.17, 15) is 19.2 Å². The predicted octanol–water partition coefficient (Wildman–Crippen LogP) is 10.2. The molecular weight excluding hydrogens is 1230 g/mol. The molecule has 1 aliphatic heterocycles. The van der Waals surface area contributed by atoms with Gasteiger partial charge in [-0.3, -0.25) is 19.2 Å². The lowest BCUT2D eigenvalue weighted by molar-refractivity contribution is -0.119. The van der Waals surface area contributed by atoms with Crippen LogP contribution in [-0.2, 0) is 60.2 Å². The van der Waals surface area contributed by atoms with E-state index in [-0.39, 0.29) is 43.3 Å². The molecule has 94 heavy (non-hydrogen) atoms. The van der Waals surface area contributed by atoms with Crippen LogP contribution in [0.15, 0.2) is 139 Å². The summed E-state index contributed by atoms with van der Waals surface area (Å²) in [5.41, 5.74) is 14.9. The van der Waals surface area contributed by atoms with E-state index in [1.165, 1.54) is 23.1 Å². The lowest BCUT2D eigenvalue weighted by atomic mass is 9.65. The van der Waals surface area contributed by atoms with Gasteiger partial charge >= 0.3 is 0 Å². The number of nitrogen functional groups attached to an aromatic ring is 1. The standard InChI is InChI=1S/C69H80N14O9S2/c1-45(84)83-57-26-23-52(73-63(86)48-19-17-47(18-20-48)46-13-10-9-11-14-46)38-56(57)69(7,44-68(83,5)6)50-21-24-55(25-22-50)92-43-54-42-82(80-78-54)28-30-89-32-34-91-36-35-90-33-31-88-29-27-81-41-53(77-79-81)39-72-58(85)40-71-51-16-12-15-49(37-51)61-59-60(70)62(64(87)76-67(2,3)4)94-65(59)75-66(74-61)93-8/h9-26,37-38,41-42,71H,27-36,39-40,43-44,70H2,1-8H3,(H,72,85)(H,73,86)(H,76,87)/t69-/m0/s1. The zero-order valence-corrected chi connectivity index (χ0v) is 55.8. The van der Waals surface area contributed by atoms with Crippen LogP contribution in [0.1, 0.15) is 97.4 Å². The van der Waals surface area contributed by atoms with Crippen LogP contribution in [0, 0.1) is 0 Å². The molecule has 1 aliphatic rings. The number of aromatic nitrogens is 8. The molecule has 492 valence electrons. The van der Waals surface area contributed by atoms with E-state index in [0.717, 1.165) is 33.5 Å². The Hall–Kier alpha value is -9.11. The fourth-order valence-electron chi connectivity index (χ4n) is 11.4. The van der Waals surface area contributed by atoms with E-state index in [4.69, 9.17) is 34.4 Å². The number of rotatable bonds is 30. The van der Waals surface area contributed by atoms with Crippen molar-refractivity contribution in [2.45, 2.75) is 103 Å². The maximum Gasteiger partial charge on any atom is 0.263 e. The molecule has 23 nitrogen and oxygen atoms in total. The van der Waals surface area contributed by atoms with Crippen LogP contribution in [0.4, 0.5) is 22.7 Å². The molecule has 5 heterocycles. The Labute approximate surface area is 554 Å². The number of thiophene rings is 1. The van der Waals surface area contributed by atoms with Gasteiger partial charge in [0.15, 0.2) is 5.16 Å². The molecule has 0 bridgehead atoms. The van der Waals surface area contributed by atoms with E-state index < -0.39 is 16.5 Å². The van der Waals surface area contributed by atoms with Crippen molar-refractivity contribution in [3.8, 4) is 28.1 Å². The predicted molar refractivity (Wildman–Crippen MR) is 365 cm³/mol. The summed E-state index contributed by atoms with van der Waals surface area (Å²) in [6.07, 6.45) is 6.13. The number of nitrogens with one attached hydrogen (secondary N) is 4. The highest BCUT2D eigenvalue weighted by molar-refractivity contribution is 7.98. The van der Waals surface area contributed by atoms with Gasteiger partial charge in [0.2, 0.25) is 11.8 Å². The van der Waals surface area contributed by atoms with Crippen LogP contribution in [0.3, 0.4) is 0 Å². The van der Waals surface area contributed by atoms with E-state index in [1.54, 1.807) is 22.5 Å². The first-order valence-corrected chi connectivity index (χ1v) is 33.1. The van der Waals surface area contributed by atoms with Crippen LogP contribution < -0.4 is 36.6 Å². The third-order valence-corrected chi connectivity index (χ3v) is 17.3. The lowest BCUT2D eigenvalue weighted by Crippen LogP contribution is -2.55. The molecule has 6 N–H and O–H groups in total. The number of hydrogen-bond acceptors (Lipinski definition) is 19. The van der Waals surface area contributed by atoms with Crippen molar-refractivity contribution in [2.75, 3.05) is 86.9 Å². The summed E-state index contributed by atoms with van der Waals surface area (Å²) >= 11 is 2.64. The summed E-state index contributed by atoms with van der Waals surface area (Å²) in [7, 11) is 0. The van der Waals surface area contributed by atoms with Crippen LogP contribution in [0.5, 0.6) is 5.75 Å². The largest absolute Gasteiger partial charge is 0.487 e. The molecule has 25 heteroatoms. The Bertz CT molecular complexity index is 4080. The molecule has 10 rings (SSSR count). The Morgan fingerprint density at radius 3 is 1.97 bits per heavy atom. The van der Waals surface area contributed by atoms with E-state index in [1.807, 2.05) is 147 Å². The second-order valence-corrected chi connectivity index (χ2v) is 26.3. The number of nitrogens with zero attached hydrogens (tertiary/aromatic N) is 9. The van der Waals surface area contributed by atoms with Gasteiger partial charge in [0.1, 0.15) is 33.5 Å². The summed E-state index contributed by atoms with van der Waals surface area (Å²) in [6, 6.07) is 39.0. The maximum atomic E-state index is 13.6. The highest BCUT2D eigenvalue weighted by Crippen LogP contribution is 2.51. The van der Waals surface area contributed by atoms with Gasteiger partial charge in [-0.15, -0.1) is 21.5 Å². The fraction of sp³-hybridized carbons (Fsp3) is 0.362. The number of carbonyl (C=O) groups excluding carboxylic acids is 4. The summed E-state index contributed by atoms with van der Waals surface area (Å²) in [5, 5.41) is 30.2. The monoisotopic (exact) mass is 1310 g/mol. The molecule has 5 aromatic carbocycles. The average molecular weight is 1310 g/mol. The zero-order valence-electron chi connectivity index (χ0n) is 54.2. The molecule has 9 aromatic rings. The number of carbonyl (C=O) groups is 4. The van der Waals surface area contributed by atoms with Crippen molar-refractivity contribution < 1.29 is 42.9 Å². The number of thioether (sulfide) groups is 1. The second kappa shape index (κ2) is 30.8. The number of hydrogen-bond donors (Lipinski definition) is 5. The summed E-state index contributed by atoms with van der Waals surface area (Å²) in [4.78, 5) is 65.1. The van der Waals surface area contributed by atoms with E-state index in [2.05, 4.69) is 79.8 Å². The number of benzene rings is 5. The quantitative estimate of drug-likeness (QED) is 0.0159. The minimum atomic E-state index is -0.522. The summed E-state index contributed by atoms with van der Waals surface area (Å²) < 4.78 is 32.4. The van der Waals surface area contributed by atoms with Crippen molar-refractivity contribution in [1.29, 1.82) is 0 Å². The zero-order chi connectivity index (χ0) is 66.4. The van der Waals surface area contributed by atoms with Crippen LogP contribution in [0.25, 0.3) is 32.6 Å². The smallest absolute Gasteiger partial charge is 0.263 e. The van der Waals surface area contributed by atoms with Crippen molar-refractivity contribution in [3.63, 3.8) is 0 Å². The number of nitrogens with two attached hydrogens (primary N) is 1. The first-order valence-electron chi connectivity index (χ1n) is 31.1. The van der Waals surface area contributed by atoms with Crippen LogP contribution >= 0.6 is 23.1 Å². The molecule has 0 saturated heterocycles. The van der Waals surface area contributed by atoms with Gasteiger partial charge in [-0.25, -0.2) is 19.3 Å². The maximum absolute atomic E-state index is 13.6. The first kappa shape index (κ1) is 67.8. The summed E-state index contributed by atoms with van der Waals surface area (Å²) in [5.74, 6) is -0.0945. The number of fused-ring (bicyclic) bond motifs is 2. The minimum absolute atomic E-state index is 0.0133. The molecule has 0 aliphatic carbocycles. The average Bonchev–Trinajstić information content (AvgIpc) is 0.862. The van der Waals surface area contributed by atoms with Crippen molar-refractivity contribution in [2.24, 2.45) is 0 Å². The van der Waals surface area contributed by atoms with Gasteiger partial charge in [0.05, 0.1) is 108 Å². The Morgan fingerprint density at radius 1 is 0.691 bits per heavy atom. The molecule has 0 fully saturated rings. The highest BCUT2D eigenvalue weighted by atomic mass is 32.2. The van der Waals surface area contributed by atoms with Crippen molar-refractivity contribution in [1.82, 2.24) is 50.6 Å². The Morgan fingerprint density at radius 2 is 1.32 bits per heavy atom. The van der Waals surface area contributed by atoms with Crippen LogP contribution in [0.2, 0.25) is 0 Å². The van der Waals surface area contributed by atoms with Gasteiger partial charge in [0.25, 0.3) is 11.8 Å². The molecule has 0 spiro atoms. The molecule has 1 atom stereocenters. The number of amides is 4. The van der Waals surface area contributed by atoms with Crippen LogP contribution in [-0.4, -0.2) is 140 Å². The topological polar surface area (TPSA) is 279 Å². The molecule has 0 radical (unpaired) electrons. The normalized spacial score (nSPS) is 14.4. The van der Waals surface area contributed by atoms with Gasteiger partial charge in [-0.2, -0.15) is 0 Å². The molecule has 0 unspecified atom stereocenters. The molecule has 4 amide bonds. The van der Waals surface area contributed by atoms with E-state index >= 15 is 0 Å². The number of anilines is 4. The third kappa shape index (κ3) is 17.4. The first-order chi connectivity index (χ1) is 45.2. The molecule has 0 saturated carbocycles. The van der Waals surface area contributed by atoms with Gasteiger partial charge in [-0.1, -0.05) is 95.8 Å². The Kier molecular flexibility index (Phi) is 22.2. The van der Waals surface area contributed by atoms with Gasteiger partial charge in [0, 0.05) is 51.6 Å². The minimum Gasteiger partial charge on any atom is -0.487 e. The summed E-state index contributed by atoms with van der Waals surface area (Å²) in [6.45, 7) is 18.4. The molecule has 4 aromatic heterocycles. The SMILES string of the molecule is CSc1nc(-c2cccc(NCC(=O)NCc3cn(CCOCCOCCOCCOCCn4cc(COc5ccc([C@]6(C)CC(C)(C)N(C(C)=O)c7ccc(NC(=O)c8ccc(-c9ccccc9)cc8)cc76)cc5)nn4)nn3)c2)c2c(N)c(C(=O)NC(C)(C)C)sc2n1. The number of ether oxygens (including phenoxy) is 5. The fourth-order valence-corrected chi connectivity index (χ4v) is 12.8. The molecular formula is C69H80N14O9S2. The Balaban J connectivity index is 0.573. The van der Waals surface area contributed by atoms with Crippen molar-refractivity contribution >= 4 is 79.7 Å². The second-order valence-electron chi connectivity index (χ2n) is 24.5.